The van der Waals surface area contributed by atoms with E-state index in [-0.39, 0.29) is 5.75 Å². The highest BCUT2D eigenvalue weighted by molar-refractivity contribution is 6.04. The molecule has 4 heteroatoms. The molecule has 0 saturated heterocycles. The van der Waals surface area contributed by atoms with Gasteiger partial charge in [0.1, 0.15) is 11.3 Å². The predicted octanol–water partition coefficient (Wildman–Crippen LogP) is 3.94. The van der Waals surface area contributed by atoms with Gasteiger partial charge in [-0.3, -0.25) is 0 Å². The summed E-state index contributed by atoms with van der Waals surface area (Å²) in [6.07, 6.45) is 0. The third-order valence-corrected chi connectivity index (χ3v) is 3.54. The van der Waals surface area contributed by atoms with E-state index in [9.17, 15) is 5.11 Å². The lowest BCUT2D eigenvalue weighted by Crippen LogP contribution is -1.85. The van der Waals surface area contributed by atoms with Gasteiger partial charge in [-0.1, -0.05) is 30.3 Å². The first-order chi connectivity index (χ1) is 10.2. The fraction of sp³-hybridized carbons (Fsp3) is 0. The molecular formula is C17H12N2O2. The van der Waals surface area contributed by atoms with Crippen molar-refractivity contribution in [1.82, 2.24) is 4.98 Å². The molecule has 0 saturated carbocycles. The van der Waals surface area contributed by atoms with Gasteiger partial charge in [0.2, 0.25) is 5.89 Å². The Hall–Kier alpha value is -3.01. The van der Waals surface area contributed by atoms with E-state index in [0.717, 1.165) is 16.3 Å². The van der Waals surface area contributed by atoms with Crippen molar-refractivity contribution in [3.63, 3.8) is 0 Å². The van der Waals surface area contributed by atoms with Crippen LogP contribution in [0, 0.1) is 0 Å². The molecule has 1 heterocycles. The summed E-state index contributed by atoms with van der Waals surface area (Å²) in [5.74, 6) is 0.449. The number of aromatic hydroxyl groups is 1. The van der Waals surface area contributed by atoms with Crippen LogP contribution in [-0.2, 0) is 0 Å². The van der Waals surface area contributed by atoms with Crippen LogP contribution < -0.4 is 5.73 Å². The molecule has 3 aromatic carbocycles. The molecule has 0 spiro atoms. The summed E-state index contributed by atoms with van der Waals surface area (Å²) >= 11 is 0. The smallest absolute Gasteiger partial charge is 0.231 e. The maximum atomic E-state index is 10.0. The van der Waals surface area contributed by atoms with Crippen LogP contribution in [0.25, 0.3) is 33.3 Å². The summed E-state index contributed by atoms with van der Waals surface area (Å²) in [5, 5.41) is 12.1. The first kappa shape index (κ1) is 11.8. The van der Waals surface area contributed by atoms with Crippen LogP contribution in [0.5, 0.6) is 5.75 Å². The first-order valence-corrected chi connectivity index (χ1v) is 6.59. The highest BCUT2D eigenvalue weighted by Crippen LogP contribution is 2.34. The zero-order valence-corrected chi connectivity index (χ0v) is 11.1. The number of phenolic OH excluding ortho intramolecular Hbond substituents is 1. The van der Waals surface area contributed by atoms with Gasteiger partial charge >= 0.3 is 0 Å². The van der Waals surface area contributed by atoms with E-state index in [1.807, 2.05) is 36.4 Å². The summed E-state index contributed by atoms with van der Waals surface area (Å²) in [5.41, 5.74) is 8.16. The topological polar surface area (TPSA) is 72.3 Å². The molecule has 0 atom stereocenters. The van der Waals surface area contributed by atoms with Crippen LogP contribution in [0.1, 0.15) is 0 Å². The standard InChI is InChI=1S/C17H12N2O2/c18-11-6-7-13(14(20)9-11)17-19-16-12-4-2-1-3-10(12)5-8-15(16)21-17/h1-9,20H,18H2. The van der Waals surface area contributed by atoms with Crippen molar-refractivity contribution >= 4 is 27.6 Å². The highest BCUT2D eigenvalue weighted by Gasteiger charge is 2.14. The van der Waals surface area contributed by atoms with Gasteiger partial charge in [-0.25, -0.2) is 4.98 Å². The zero-order chi connectivity index (χ0) is 14.4. The van der Waals surface area contributed by atoms with Gasteiger partial charge < -0.3 is 15.3 Å². The van der Waals surface area contributed by atoms with Crippen LogP contribution in [-0.4, -0.2) is 10.1 Å². The Labute approximate surface area is 120 Å². The van der Waals surface area contributed by atoms with Crippen LogP contribution in [0.15, 0.2) is 59.0 Å². The second kappa shape index (κ2) is 4.24. The van der Waals surface area contributed by atoms with Gasteiger partial charge in [0.05, 0.1) is 5.56 Å². The largest absolute Gasteiger partial charge is 0.507 e. The van der Waals surface area contributed by atoms with Gasteiger partial charge in [-0.05, 0) is 23.6 Å². The Kier molecular flexibility index (Phi) is 2.38. The van der Waals surface area contributed by atoms with Crippen molar-refractivity contribution in [2.24, 2.45) is 0 Å². The molecule has 4 nitrogen and oxygen atoms in total. The number of oxazole rings is 1. The fourth-order valence-electron chi connectivity index (χ4n) is 2.51. The number of nitrogen functional groups attached to an aromatic ring is 1. The lowest BCUT2D eigenvalue weighted by Gasteiger charge is -2.00. The summed E-state index contributed by atoms with van der Waals surface area (Å²) in [6, 6.07) is 16.8. The van der Waals surface area contributed by atoms with Crippen LogP contribution in [0.4, 0.5) is 5.69 Å². The molecule has 4 rings (SSSR count). The molecular weight excluding hydrogens is 264 g/mol. The molecule has 0 aliphatic carbocycles. The SMILES string of the molecule is Nc1ccc(-c2nc3c(ccc4ccccc43)o2)c(O)c1. The average Bonchev–Trinajstić information content (AvgIpc) is 2.91. The number of aromatic nitrogens is 1. The van der Waals surface area contributed by atoms with Gasteiger partial charge in [0.25, 0.3) is 0 Å². The fourth-order valence-corrected chi connectivity index (χ4v) is 2.51. The third-order valence-electron chi connectivity index (χ3n) is 3.54. The summed E-state index contributed by atoms with van der Waals surface area (Å²) in [6.45, 7) is 0. The number of hydrogen-bond acceptors (Lipinski definition) is 4. The lowest BCUT2D eigenvalue weighted by molar-refractivity contribution is 0.474. The Morgan fingerprint density at radius 3 is 2.71 bits per heavy atom. The van der Waals surface area contributed by atoms with Gasteiger partial charge in [-0.15, -0.1) is 0 Å². The lowest BCUT2D eigenvalue weighted by atomic mass is 10.1. The normalized spacial score (nSPS) is 11.2. The van der Waals surface area contributed by atoms with Gasteiger partial charge in [0.15, 0.2) is 5.58 Å². The molecule has 0 fully saturated rings. The first-order valence-electron chi connectivity index (χ1n) is 6.59. The minimum atomic E-state index is 0.0610. The highest BCUT2D eigenvalue weighted by atomic mass is 16.3. The monoisotopic (exact) mass is 276 g/mol. The van der Waals surface area contributed by atoms with E-state index >= 15 is 0 Å². The summed E-state index contributed by atoms with van der Waals surface area (Å²) < 4.78 is 5.77. The Balaban J connectivity index is 2.00. The Bertz CT molecular complexity index is 973. The molecule has 4 aromatic rings. The van der Waals surface area contributed by atoms with Crippen molar-refractivity contribution in [3.05, 3.63) is 54.6 Å². The van der Waals surface area contributed by atoms with Crippen LogP contribution >= 0.6 is 0 Å². The van der Waals surface area contributed by atoms with Crippen molar-refractivity contribution in [2.75, 3.05) is 5.73 Å². The van der Waals surface area contributed by atoms with Gasteiger partial charge in [-0.2, -0.15) is 0 Å². The Morgan fingerprint density at radius 1 is 1.00 bits per heavy atom. The molecule has 0 aliphatic rings. The molecule has 3 N–H and O–H groups in total. The van der Waals surface area contributed by atoms with E-state index in [4.69, 9.17) is 10.2 Å². The second-order valence-corrected chi connectivity index (χ2v) is 4.93. The van der Waals surface area contributed by atoms with Gasteiger partial charge in [0, 0.05) is 17.1 Å². The molecule has 0 radical (unpaired) electrons. The minimum absolute atomic E-state index is 0.0610. The zero-order valence-electron chi connectivity index (χ0n) is 11.1. The number of nitrogens with two attached hydrogens (primary N) is 1. The molecule has 21 heavy (non-hydrogen) atoms. The van der Waals surface area contributed by atoms with Crippen molar-refractivity contribution in [2.45, 2.75) is 0 Å². The van der Waals surface area contributed by atoms with Crippen LogP contribution in [0.3, 0.4) is 0 Å². The predicted molar refractivity (Wildman–Crippen MR) is 83.0 cm³/mol. The molecule has 0 amide bonds. The van der Waals surface area contributed by atoms with E-state index in [1.165, 1.54) is 6.07 Å². The van der Waals surface area contributed by atoms with Crippen molar-refractivity contribution in [3.8, 4) is 17.2 Å². The minimum Gasteiger partial charge on any atom is -0.507 e. The average molecular weight is 276 g/mol. The maximum Gasteiger partial charge on any atom is 0.231 e. The van der Waals surface area contributed by atoms with E-state index in [0.29, 0.717) is 22.7 Å². The molecule has 0 aliphatic heterocycles. The Morgan fingerprint density at radius 2 is 1.86 bits per heavy atom. The summed E-state index contributed by atoms with van der Waals surface area (Å²) in [7, 11) is 0. The van der Waals surface area contributed by atoms with E-state index < -0.39 is 0 Å². The molecule has 1 aromatic heterocycles. The van der Waals surface area contributed by atoms with Crippen molar-refractivity contribution in [1.29, 1.82) is 0 Å². The number of phenols is 1. The van der Waals surface area contributed by atoms with Crippen LogP contribution in [0.2, 0.25) is 0 Å². The summed E-state index contributed by atoms with van der Waals surface area (Å²) in [4.78, 5) is 4.53. The maximum absolute atomic E-state index is 10.0. The number of rotatable bonds is 1. The number of hydrogen-bond donors (Lipinski definition) is 2. The molecule has 0 unspecified atom stereocenters. The van der Waals surface area contributed by atoms with E-state index in [1.54, 1.807) is 12.1 Å². The third kappa shape index (κ3) is 1.80. The quantitative estimate of drug-likeness (QED) is 0.516. The van der Waals surface area contributed by atoms with Crippen molar-refractivity contribution < 1.29 is 9.52 Å². The number of benzene rings is 3. The number of fused-ring (bicyclic) bond motifs is 3. The molecule has 102 valence electrons. The number of nitrogens with zero attached hydrogens (tertiary/aromatic N) is 1. The second-order valence-electron chi connectivity index (χ2n) is 4.93. The number of anilines is 1. The molecule has 0 bridgehead atoms. The van der Waals surface area contributed by atoms with E-state index in [2.05, 4.69) is 4.98 Å².